The summed E-state index contributed by atoms with van der Waals surface area (Å²) in [7, 11) is 0. The van der Waals surface area contributed by atoms with Crippen molar-refractivity contribution in [2.45, 2.75) is 38.9 Å². The molecule has 0 spiro atoms. The Hall–Kier alpha value is -1.06. The fraction of sp³-hybridized carbons (Fsp3) is 0.500. The first-order valence-electron chi connectivity index (χ1n) is 5.30. The van der Waals surface area contributed by atoms with Gasteiger partial charge in [0.2, 0.25) is 0 Å². The third-order valence-electron chi connectivity index (χ3n) is 2.54. The fourth-order valence-electron chi connectivity index (χ4n) is 1.63. The van der Waals surface area contributed by atoms with Crippen LogP contribution in [0.3, 0.4) is 0 Å². The second kappa shape index (κ2) is 5.73. The first kappa shape index (κ1) is 12.0. The number of aromatic hydroxyl groups is 1. The molecule has 1 atom stereocenters. The molecule has 3 N–H and O–H groups in total. The van der Waals surface area contributed by atoms with Gasteiger partial charge < -0.3 is 15.3 Å². The summed E-state index contributed by atoms with van der Waals surface area (Å²) in [5, 5.41) is 28.5. The number of unbranched alkanes of at least 4 members (excludes halogenated alkanes) is 1. The van der Waals surface area contributed by atoms with Crippen LogP contribution in [0.4, 0.5) is 0 Å². The summed E-state index contributed by atoms with van der Waals surface area (Å²) in [4.78, 5) is 0. The highest BCUT2D eigenvalue weighted by molar-refractivity contribution is 5.39. The number of aliphatic hydroxyl groups is 2. The van der Waals surface area contributed by atoms with Crippen molar-refractivity contribution in [2.24, 2.45) is 0 Å². The van der Waals surface area contributed by atoms with E-state index >= 15 is 0 Å². The molecule has 3 heteroatoms. The molecule has 3 nitrogen and oxygen atoms in total. The van der Waals surface area contributed by atoms with Crippen molar-refractivity contribution < 1.29 is 15.3 Å². The largest absolute Gasteiger partial charge is 0.508 e. The van der Waals surface area contributed by atoms with Crippen molar-refractivity contribution in [3.05, 3.63) is 29.3 Å². The van der Waals surface area contributed by atoms with Gasteiger partial charge in [-0.25, -0.2) is 0 Å². The molecule has 0 aliphatic rings. The summed E-state index contributed by atoms with van der Waals surface area (Å²) < 4.78 is 0. The van der Waals surface area contributed by atoms with Gasteiger partial charge in [-0.2, -0.15) is 0 Å². The summed E-state index contributed by atoms with van der Waals surface area (Å²) in [6, 6.07) is 4.94. The molecule has 1 rings (SSSR count). The lowest BCUT2D eigenvalue weighted by Gasteiger charge is -2.15. The lowest BCUT2D eigenvalue weighted by molar-refractivity contribution is 0.159. The number of hydrogen-bond donors (Lipinski definition) is 3. The maximum atomic E-state index is 9.87. The van der Waals surface area contributed by atoms with Gasteiger partial charge in [-0.15, -0.1) is 0 Å². The van der Waals surface area contributed by atoms with E-state index in [1.165, 1.54) is 6.07 Å². The predicted molar refractivity (Wildman–Crippen MR) is 58.5 cm³/mol. The maximum absolute atomic E-state index is 9.87. The fourth-order valence-corrected chi connectivity index (χ4v) is 1.63. The molecule has 0 aromatic heterocycles. The zero-order valence-corrected chi connectivity index (χ0v) is 8.98. The first-order chi connectivity index (χ1) is 7.20. The maximum Gasteiger partial charge on any atom is 0.121 e. The van der Waals surface area contributed by atoms with Crippen LogP contribution < -0.4 is 0 Å². The normalized spacial score (nSPS) is 12.7. The van der Waals surface area contributed by atoms with E-state index in [1.54, 1.807) is 12.1 Å². The van der Waals surface area contributed by atoms with Gasteiger partial charge in [-0.1, -0.05) is 31.9 Å². The Labute approximate surface area is 90.0 Å². The van der Waals surface area contributed by atoms with Crippen molar-refractivity contribution in [2.75, 3.05) is 0 Å². The average Bonchev–Trinajstić information content (AvgIpc) is 2.25. The highest BCUT2D eigenvalue weighted by Crippen LogP contribution is 2.28. The highest BCUT2D eigenvalue weighted by Gasteiger charge is 2.13. The Morgan fingerprint density at radius 3 is 2.67 bits per heavy atom. The number of benzene rings is 1. The van der Waals surface area contributed by atoms with Crippen LogP contribution in [0.2, 0.25) is 0 Å². The van der Waals surface area contributed by atoms with E-state index < -0.39 is 6.10 Å². The molecule has 84 valence electrons. The summed E-state index contributed by atoms with van der Waals surface area (Å²) in [6.45, 7) is 1.81. The minimum absolute atomic E-state index is 0.0468. The van der Waals surface area contributed by atoms with E-state index in [0.717, 1.165) is 12.8 Å². The minimum Gasteiger partial charge on any atom is -0.508 e. The Kier molecular flexibility index (Phi) is 4.59. The van der Waals surface area contributed by atoms with Crippen molar-refractivity contribution in [1.29, 1.82) is 0 Å². The molecule has 0 heterocycles. The SMILES string of the molecule is CCCCC(O)c1cccc(O)c1CO. The Morgan fingerprint density at radius 2 is 2.07 bits per heavy atom. The average molecular weight is 210 g/mol. The van der Waals surface area contributed by atoms with Gasteiger partial charge in [-0.05, 0) is 18.1 Å². The van der Waals surface area contributed by atoms with Crippen molar-refractivity contribution in [3.63, 3.8) is 0 Å². The van der Waals surface area contributed by atoms with Crippen LogP contribution in [0.25, 0.3) is 0 Å². The van der Waals surface area contributed by atoms with Gasteiger partial charge in [0.05, 0.1) is 12.7 Å². The summed E-state index contributed by atoms with van der Waals surface area (Å²) in [6.07, 6.45) is 2.01. The summed E-state index contributed by atoms with van der Waals surface area (Å²) >= 11 is 0. The molecule has 0 aliphatic heterocycles. The highest BCUT2D eigenvalue weighted by atomic mass is 16.3. The van der Waals surface area contributed by atoms with Crippen LogP contribution in [0.1, 0.15) is 43.4 Å². The van der Waals surface area contributed by atoms with E-state index in [0.29, 0.717) is 17.5 Å². The van der Waals surface area contributed by atoms with E-state index in [-0.39, 0.29) is 12.4 Å². The van der Waals surface area contributed by atoms with E-state index in [4.69, 9.17) is 5.11 Å². The van der Waals surface area contributed by atoms with E-state index in [9.17, 15) is 10.2 Å². The molecule has 0 saturated carbocycles. The molecule has 0 radical (unpaired) electrons. The molecule has 0 bridgehead atoms. The quantitative estimate of drug-likeness (QED) is 0.697. The zero-order valence-electron chi connectivity index (χ0n) is 8.98. The molecule has 1 unspecified atom stereocenters. The lowest BCUT2D eigenvalue weighted by atomic mass is 9.98. The smallest absolute Gasteiger partial charge is 0.121 e. The number of phenols is 1. The molecule has 1 aromatic rings. The van der Waals surface area contributed by atoms with Crippen molar-refractivity contribution in [1.82, 2.24) is 0 Å². The first-order valence-corrected chi connectivity index (χ1v) is 5.30. The van der Waals surface area contributed by atoms with Gasteiger partial charge in [0.15, 0.2) is 0 Å². The van der Waals surface area contributed by atoms with Crippen molar-refractivity contribution in [3.8, 4) is 5.75 Å². The van der Waals surface area contributed by atoms with Gasteiger partial charge in [0.25, 0.3) is 0 Å². The topological polar surface area (TPSA) is 60.7 Å². The van der Waals surface area contributed by atoms with Crippen LogP contribution in [-0.4, -0.2) is 15.3 Å². The van der Waals surface area contributed by atoms with Gasteiger partial charge >= 0.3 is 0 Å². The molecular formula is C12H18O3. The van der Waals surface area contributed by atoms with Gasteiger partial charge in [0.1, 0.15) is 5.75 Å². The van der Waals surface area contributed by atoms with Crippen LogP contribution in [-0.2, 0) is 6.61 Å². The summed E-state index contributed by atoms with van der Waals surface area (Å²) in [5.41, 5.74) is 1.06. The van der Waals surface area contributed by atoms with Crippen LogP contribution in [0.15, 0.2) is 18.2 Å². The molecule has 0 fully saturated rings. The van der Waals surface area contributed by atoms with Crippen molar-refractivity contribution >= 4 is 0 Å². The van der Waals surface area contributed by atoms with Gasteiger partial charge in [-0.3, -0.25) is 0 Å². The Morgan fingerprint density at radius 1 is 1.33 bits per heavy atom. The monoisotopic (exact) mass is 210 g/mol. The second-order valence-electron chi connectivity index (χ2n) is 3.66. The number of aliphatic hydroxyl groups excluding tert-OH is 2. The van der Waals surface area contributed by atoms with Gasteiger partial charge in [0, 0.05) is 5.56 Å². The van der Waals surface area contributed by atoms with E-state index in [1.807, 2.05) is 0 Å². The summed E-state index contributed by atoms with van der Waals surface area (Å²) in [5.74, 6) is 0.0468. The van der Waals surface area contributed by atoms with E-state index in [2.05, 4.69) is 6.92 Å². The Balaban J connectivity index is 2.87. The second-order valence-corrected chi connectivity index (χ2v) is 3.66. The predicted octanol–water partition coefficient (Wildman–Crippen LogP) is 2.11. The lowest BCUT2D eigenvalue weighted by Crippen LogP contribution is -2.02. The zero-order chi connectivity index (χ0) is 11.3. The van der Waals surface area contributed by atoms with Crippen LogP contribution in [0, 0.1) is 0 Å². The third-order valence-corrected chi connectivity index (χ3v) is 2.54. The Bertz CT molecular complexity index is 310. The molecule has 0 saturated heterocycles. The standard InChI is InChI=1S/C12H18O3/c1-2-3-6-11(14)9-5-4-7-12(15)10(9)8-13/h4-5,7,11,13-15H,2-3,6,8H2,1H3. The molecular weight excluding hydrogens is 192 g/mol. The van der Waals surface area contributed by atoms with Crippen LogP contribution >= 0.6 is 0 Å². The molecule has 0 aliphatic carbocycles. The molecule has 1 aromatic carbocycles. The number of rotatable bonds is 5. The van der Waals surface area contributed by atoms with Crippen LogP contribution in [0.5, 0.6) is 5.75 Å². The molecule has 0 amide bonds. The molecule has 15 heavy (non-hydrogen) atoms. The third kappa shape index (κ3) is 2.94. The minimum atomic E-state index is -0.598. The number of hydrogen-bond acceptors (Lipinski definition) is 3.